The van der Waals surface area contributed by atoms with E-state index in [0.29, 0.717) is 19.3 Å². The van der Waals surface area contributed by atoms with Crippen LogP contribution in [-0.2, 0) is 28.6 Å². The summed E-state index contributed by atoms with van der Waals surface area (Å²) in [7, 11) is 5.54. The average Bonchev–Trinajstić information content (AvgIpc) is 3.24. The van der Waals surface area contributed by atoms with Crippen LogP contribution in [0.15, 0.2) is 48.6 Å². The van der Waals surface area contributed by atoms with Crippen LogP contribution in [0.25, 0.3) is 0 Å². The van der Waals surface area contributed by atoms with Gasteiger partial charge in [-0.3, -0.25) is 9.59 Å². The molecular weight excluding hydrogens is 787 g/mol. The lowest BCUT2D eigenvalue weighted by atomic mass is 10.0. The molecule has 0 spiro atoms. The van der Waals surface area contributed by atoms with Crippen LogP contribution >= 0.6 is 0 Å². The van der Waals surface area contributed by atoms with Gasteiger partial charge in [-0.25, -0.2) is 4.79 Å². The van der Waals surface area contributed by atoms with E-state index < -0.39 is 18.1 Å². The molecule has 0 fully saturated rings. The number of unbranched alkanes of at least 4 members (excludes halogenated alkanes) is 25. The molecule has 0 saturated heterocycles. The number of nitrogens with zero attached hydrogens (tertiary/aromatic N) is 1. The van der Waals surface area contributed by atoms with Crippen LogP contribution < -0.4 is 0 Å². The van der Waals surface area contributed by atoms with Gasteiger partial charge in [-0.2, -0.15) is 0 Å². The Balaban J connectivity index is 4.23. The maximum atomic E-state index is 12.8. The van der Waals surface area contributed by atoms with Crippen LogP contribution in [-0.4, -0.2) is 80.6 Å². The highest BCUT2D eigenvalue weighted by atomic mass is 16.6. The van der Waals surface area contributed by atoms with Gasteiger partial charge in [0.05, 0.1) is 34.4 Å². The number of rotatable bonds is 47. The minimum absolute atomic E-state index is 0.0509. The molecule has 0 heterocycles. The lowest BCUT2D eigenvalue weighted by molar-refractivity contribution is -0.887. The second-order valence-corrected chi connectivity index (χ2v) is 18.8. The van der Waals surface area contributed by atoms with E-state index in [0.717, 1.165) is 70.6 Å². The summed E-state index contributed by atoms with van der Waals surface area (Å²) < 4.78 is 17.4. The number of esters is 2. The zero-order valence-corrected chi connectivity index (χ0v) is 41.8. The first-order valence-corrected chi connectivity index (χ1v) is 26.2. The van der Waals surface area contributed by atoms with Gasteiger partial charge in [0.25, 0.3) is 0 Å². The fourth-order valence-electron chi connectivity index (χ4n) is 7.73. The Morgan fingerprint density at radius 1 is 0.492 bits per heavy atom. The second-order valence-electron chi connectivity index (χ2n) is 18.8. The number of carboxylic acid groups (broad SMARTS) is 1. The quantitative estimate of drug-likeness (QED) is 0.0281. The van der Waals surface area contributed by atoms with Crippen molar-refractivity contribution in [2.45, 2.75) is 244 Å². The van der Waals surface area contributed by atoms with Crippen molar-refractivity contribution in [1.29, 1.82) is 0 Å². The van der Waals surface area contributed by atoms with Gasteiger partial charge in [-0.15, -0.1) is 0 Å². The summed E-state index contributed by atoms with van der Waals surface area (Å²) in [6.45, 7) is 4.65. The van der Waals surface area contributed by atoms with Crippen molar-refractivity contribution >= 4 is 17.9 Å². The van der Waals surface area contributed by atoms with Crippen molar-refractivity contribution in [3.05, 3.63) is 48.6 Å². The summed E-state index contributed by atoms with van der Waals surface area (Å²) in [5, 5.41) is 9.66. The van der Waals surface area contributed by atoms with Gasteiger partial charge >= 0.3 is 17.9 Å². The number of carbonyl (C=O) groups excluding carboxylic acids is 2. The van der Waals surface area contributed by atoms with E-state index in [9.17, 15) is 19.5 Å². The number of allylic oxidation sites excluding steroid dienone is 8. The van der Waals surface area contributed by atoms with Crippen LogP contribution in [0.2, 0.25) is 0 Å². The summed E-state index contributed by atoms with van der Waals surface area (Å²) in [5.74, 6) is -1.46. The fourth-order valence-corrected chi connectivity index (χ4v) is 7.73. The third-order valence-corrected chi connectivity index (χ3v) is 11.7. The Labute approximate surface area is 388 Å². The second kappa shape index (κ2) is 45.8. The summed E-state index contributed by atoms with van der Waals surface area (Å²) in [5.41, 5.74) is 0. The monoisotopic (exact) mass is 887 g/mol. The minimum Gasteiger partial charge on any atom is -0.477 e. The minimum atomic E-state index is -0.874. The number of likely N-dealkylation sites (N-methyl/N-ethyl adjacent to an activating group) is 1. The molecular formula is C55H100NO7+. The predicted molar refractivity (Wildman–Crippen MR) is 266 cm³/mol. The van der Waals surface area contributed by atoms with Crippen LogP contribution in [0.5, 0.6) is 0 Å². The van der Waals surface area contributed by atoms with E-state index in [4.69, 9.17) is 14.2 Å². The van der Waals surface area contributed by atoms with Crippen molar-refractivity contribution in [3.63, 3.8) is 0 Å². The topological polar surface area (TPSA) is 99.1 Å². The SMILES string of the molecule is CC/C=C/C/C=C/C/C=C/C/C=C/CCCCCCCCCCCC(=O)OC(COCCC(C(=O)O)[N+](C)(C)C)COC(=O)CCCCCCCCCCCCCCCCCCC. The summed E-state index contributed by atoms with van der Waals surface area (Å²) >= 11 is 0. The molecule has 2 unspecified atom stereocenters. The largest absolute Gasteiger partial charge is 0.477 e. The highest BCUT2D eigenvalue weighted by molar-refractivity contribution is 5.72. The van der Waals surface area contributed by atoms with E-state index in [1.165, 1.54) is 128 Å². The molecule has 0 aromatic heterocycles. The van der Waals surface area contributed by atoms with Crippen molar-refractivity contribution in [3.8, 4) is 0 Å². The highest BCUT2D eigenvalue weighted by Crippen LogP contribution is 2.16. The molecule has 366 valence electrons. The molecule has 0 bridgehead atoms. The van der Waals surface area contributed by atoms with Gasteiger partial charge < -0.3 is 23.8 Å². The van der Waals surface area contributed by atoms with Crippen LogP contribution in [0, 0.1) is 0 Å². The molecule has 0 amide bonds. The Hall–Kier alpha value is -2.71. The van der Waals surface area contributed by atoms with Crippen molar-refractivity contribution in [1.82, 2.24) is 0 Å². The number of ether oxygens (including phenoxy) is 3. The normalized spacial score (nSPS) is 13.2. The molecule has 0 aliphatic heterocycles. The molecule has 0 aliphatic rings. The van der Waals surface area contributed by atoms with Gasteiger partial charge in [-0.05, 0) is 51.4 Å². The van der Waals surface area contributed by atoms with E-state index in [1.54, 1.807) is 0 Å². The van der Waals surface area contributed by atoms with Gasteiger partial charge in [0, 0.05) is 19.3 Å². The van der Waals surface area contributed by atoms with Gasteiger partial charge in [0.15, 0.2) is 12.1 Å². The summed E-state index contributed by atoms with van der Waals surface area (Å²) in [4.78, 5) is 37.2. The lowest BCUT2D eigenvalue weighted by Gasteiger charge is -2.31. The maximum Gasteiger partial charge on any atom is 0.362 e. The van der Waals surface area contributed by atoms with E-state index >= 15 is 0 Å². The molecule has 0 rings (SSSR count). The first-order chi connectivity index (χ1) is 30.6. The van der Waals surface area contributed by atoms with Crippen LogP contribution in [0.1, 0.15) is 232 Å². The molecule has 0 saturated carbocycles. The molecule has 8 nitrogen and oxygen atoms in total. The van der Waals surface area contributed by atoms with Crippen LogP contribution in [0.4, 0.5) is 0 Å². The molecule has 2 atom stereocenters. The first kappa shape index (κ1) is 60.3. The smallest absolute Gasteiger partial charge is 0.362 e. The zero-order valence-electron chi connectivity index (χ0n) is 41.8. The number of carbonyl (C=O) groups is 3. The Morgan fingerprint density at radius 2 is 0.889 bits per heavy atom. The van der Waals surface area contributed by atoms with Gasteiger partial charge in [-0.1, -0.05) is 210 Å². The van der Waals surface area contributed by atoms with Crippen molar-refractivity contribution < 1.29 is 38.2 Å². The Kier molecular flexibility index (Phi) is 43.9. The number of hydrogen-bond acceptors (Lipinski definition) is 6. The standard InChI is InChI=1S/C55H99NO7/c1-6-8-10-12-14-16-18-20-22-24-25-26-27-28-30-32-34-36-38-40-42-44-46-54(58)63-51(49-61-48-47-52(55(59)60)56(3,4)5)50-62-53(57)45-43-41-39-37-35-33-31-29-23-21-19-17-15-13-11-9-7-2/h8,10,14,16,20,22,25-26,51-52H,6-7,9,11-13,15,17-19,21,23-24,27-50H2,1-5H3/p+1/b10-8+,16-14+,22-20+,26-25+. The fraction of sp³-hybridized carbons (Fsp3) is 0.800. The molecule has 1 N–H and O–H groups in total. The molecule has 8 heteroatoms. The molecule has 0 aromatic carbocycles. The molecule has 0 aliphatic carbocycles. The molecule has 0 radical (unpaired) electrons. The van der Waals surface area contributed by atoms with E-state index in [-0.39, 0.29) is 36.2 Å². The summed E-state index contributed by atoms with van der Waals surface area (Å²) in [6.07, 6.45) is 55.8. The average molecular weight is 887 g/mol. The highest BCUT2D eigenvalue weighted by Gasteiger charge is 2.31. The zero-order chi connectivity index (χ0) is 46.3. The third kappa shape index (κ3) is 44.3. The maximum absolute atomic E-state index is 12.8. The predicted octanol–water partition coefficient (Wildman–Crippen LogP) is 15.1. The Morgan fingerprint density at radius 3 is 1.32 bits per heavy atom. The van der Waals surface area contributed by atoms with Gasteiger partial charge in [0.1, 0.15) is 6.61 Å². The van der Waals surface area contributed by atoms with Crippen molar-refractivity contribution in [2.24, 2.45) is 0 Å². The van der Waals surface area contributed by atoms with E-state index in [2.05, 4.69) is 62.5 Å². The Bertz CT molecular complexity index is 1170. The first-order valence-electron chi connectivity index (χ1n) is 26.2. The molecule has 63 heavy (non-hydrogen) atoms. The van der Waals surface area contributed by atoms with Gasteiger partial charge in [0.2, 0.25) is 0 Å². The number of quaternary nitrogens is 1. The molecule has 0 aromatic rings. The number of hydrogen-bond donors (Lipinski definition) is 1. The number of carboxylic acids is 1. The third-order valence-electron chi connectivity index (χ3n) is 11.7. The van der Waals surface area contributed by atoms with E-state index in [1.807, 2.05) is 21.1 Å². The summed E-state index contributed by atoms with van der Waals surface area (Å²) in [6, 6.07) is -0.616. The van der Waals surface area contributed by atoms with Crippen molar-refractivity contribution in [2.75, 3.05) is 41.0 Å². The number of aliphatic carboxylic acids is 1. The lowest BCUT2D eigenvalue weighted by Crippen LogP contribution is -2.50. The van der Waals surface area contributed by atoms with Crippen LogP contribution in [0.3, 0.4) is 0 Å².